The summed E-state index contributed by atoms with van der Waals surface area (Å²) in [6, 6.07) is 10.1. The lowest BCUT2D eigenvalue weighted by molar-refractivity contribution is -0.115. The number of rotatable bonds is 6. The van der Waals surface area contributed by atoms with Crippen molar-refractivity contribution in [1.82, 2.24) is 20.0 Å². The summed E-state index contributed by atoms with van der Waals surface area (Å²) >= 11 is 1.63. The maximum atomic E-state index is 11.9. The van der Waals surface area contributed by atoms with Gasteiger partial charge in [-0.25, -0.2) is 0 Å². The van der Waals surface area contributed by atoms with Crippen molar-refractivity contribution in [3.63, 3.8) is 0 Å². The van der Waals surface area contributed by atoms with Crippen LogP contribution in [0.5, 0.6) is 0 Å². The van der Waals surface area contributed by atoms with Gasteiger partial charge in [0.15, 0.2) is 0 Å². The van der Waals surface area contributed by atoms with Crippen LogP contribution in [0.25, 0.3) is 11.6 Å². The Kier molecular flexibility index (Phi) is 4.95. The minimum Gasteiger partial charge on any atom is -0.401 e. The molecule has 0 radical (unpaired) electrons. The lowest BCUT2D eigenvalue weighted by Gasteiger charge is -2.02. The third-order valence-electron chi connectivity index (χ3n) is 3.33. The molecule has 0 unspecified atom stereocenters. The van der Waals surface area contributed by atoms with E-state index in [0.717, 1.165) is 4.90 Å². The van der Waals surface area contributed by atoms with Gasteiger partial charge in [0, 0.05) is 30.3 Å². The first-order valence-electron chi connectivity index (χ1n) is 7.43. The molecule has 3 rings (SSSR count). The van der Waals surface area contributed by atoms with Gasteiger partial charge < -0.3 is 4.42 Å². The molecule has 3 aromatic rings. The van der Waals surface area contributed by atoms with Crippen LogP contribution >= 0.6 is 11.8 Å². The first-order chi connectivity index (χ1) is 11.6. The number of thioether (sulfide) groups is 1. The maximum absolute atomic E-state index is 11.9. The van der Waals surface area contributed by atoms with Crippen LogP contribution in [0, 0.1) is 6.92 Å². The quantitative estimate of drug-likeness (QED) is 0.693. The molecule has 0 saturated carbocycles. The Morgan fingerprint density at radius 3 is 2.75 bits per heavy atom. The average Bonchev–Trinajstić information content (AvgIpc) is 3.18. The molecule has 1 aromatic carbocycles. The highest BCUT2D eigenvalue weighted by Crippen LogP contribution is 2.20. The highest BCUT2D eigenvalue weighted by atomic mass is 32.2. The van der Waals surface area contributed by atoms with Gasteiger partial charge in [0.05, 0.1) is 0 Å². The standard InChI is InChI=1S/C16H17N5O2S/c1-11-3-5-12(6-4-11)24-10-8-14(22)18-16-20-19-15(23-16)13-7-9-17-21(13)2/h3-7,9H,8,10H2,1-2H3,(H,18,20,22). The molecule has 0 fully saturated rings. The van der Waals surface area contributed by atoms with Gasteiger partial charge in [-0.15, -0.1) is 16.9 Å². The monoisotopic (exact) mass is 343 g/mol. The van der Waals surface area contributed by atoms with Gasteiger partial charge in [0.25, 0.3) is 5.89 Å². The number of aryl methyl sites for hydroxylation is 2. The van der Waals surface area contributed by atoms with E-state index in [1.165, 1.54) is 5.56 Å². The number of hydrogen-bond acceptors (Lipinski definition) is 6. The lowest BCUT2D eigenvalue weighted by Crippen LogP contribution is -2.12. The van der Waals surface area contributed by atoms with Crippen molar-refractivity contribution in [2.45, 2.75) is 18.2 Å². The number of amides is 1. The molecule has 24 heavy (non-hydrogen) atoms. The van der Waals surface area contributed by atoms with E-state index in [0.29, 0.717) is 23.8 Å². The number of aromatic nitrogens is 4. The summed E-state index contributed by atoms with van der Waals surface area (Å²) in [6.07, 6.45) is 2.00. The van der Waals surface area contributed by atoms with E-state index in [4.69, 9.17) is 4.42 Å². The summed E-state index contributed by atoms with van der Waals surface area (Å²) in [5, 5.41) is 14.4. The minimum atomic E-state index is -0.158. The van der Waals surface area contributed by atoms with E-state index in [-0.39, 0.29) is 11.9 Å². The molecule has 0 aliphatic rings. The Labute approximate surface area is 143 Å². The average molecular weight is 343 g/mol. The summed E-state index contributed by atoms with van der Waals surface area (Å²) in [4.78, 5) is 13.1. The van der Waals surface area contributed by atoms with Gasteiger partial charge in [-0.1, -0.05) is 22.8 Å². The van der Waals surface area contributed by atoms with E-state index in [9.17, 15) is 4.79 Å². The molecule has 1 amide bonds. The highest BCUT2D eigenvalue weighted by molar-refractivity contribution is 7.99. The van der Waals surface area contributed by atoms with Crippen LogP contribution in [0.2, 0.25) is 0 Å². The third kappa shape index (κ3) is 4.02. The molecule has 0 spiro atoms. The summed E-state index contributed by atoms with van der Waals surface area (Å²) < 4.78 is 7.06. The molecule has 0 aliphatic heterocycles. The highest BCUT2D eigenvalue weighted by Gasteiger charge is 2.13. The van der Waals surface area contributed by atoms with Crippen LogP contribution in [-0.2, 0) is 11.8 Å². The first kappa shape index (κ1) is 16.3. The molecule has 2 heterocycles. The van der Waals surface area contributed by atoms with Gasteiger partial charge in [-0.2, -0.15) is 5.10 Å². The predicted molar refractivity (Wildman–Crippen MR) is 91.6 cm³/mol. The van der Waals surface area contributed by atoms with Gasteiger partial charge >= 0.3 is 6.01 Å². The van der Waals surface area contributed by atoms with Crippen LogP contribution in [0.4, 0.5) is 6.01 Å². The Balaban J connectivity index is 1.49. The number of carbonyl (C=O) groups is 1. The molecule has 0 saturated heterocycles. The summed E-state index contributed by atoms with van der Waals surface area (Å²) in [5.41, 5.74) is 1.91. The van der Waals surface area contributed by atoms with E-state index in [1.807, 2.05) is 6.92 Å². The number of benzene rings is 1. The number of anilines is 1. The van der Waals surface area contributed by atoms with Crippen molar-refractivity contribution >= 4 is 23.7 Å². The maximum Gasteiger partial charge on any atom is 0.322 e. The molecule has 8 heteroatoms. The van der Waals surface area contributed by atoms with Crippen molar-refractivity contribution in [1.29, 1.82) is 0 Å². The lowest BCUT2D eigenvalue weighted by atomic mass is 10.2. The van der Waals surface area contributed by atoms with E-state index >= 15 is 0 Å². The number of carbonyl (C=O) groups excluding carboxylic acids is 1. The van der Waals surface area contributed by atoms with E-state index in [2.05, 4.69) is 44.9 Å². The fraction of sp³-hybridized carbons (Fsp3) is 0.250. The molecule has 7 nitrogen and oxygen atoms in total. The van der Waals surface area contributed by atoms with E-state index in [1.54, 1.807) is 35.8 Å². The Bertz CT molecular complexity index is 825. The Morgan fingerprint density at radius 2 is 2.04 bits per heavy atom. The van der Waals surface area contributed by atoms with Crippen molar-refractivity contribution in [2.24, 2.45) is 7.05 Å². The second kappa shape index (κ2) is 7.31. The summed E-state index contributed by atoms with van der Waals surface area (Å²) in [5.74, 6) is 0.839. The van der Waals surface area contributed by atoms with Crippen LogP contribution in [0.1, 0.15) is 12.0 Å². The molecule has 0 atom stereocenters. The zero-order valence-electron chi connectivity index (χ0n) is 13.4. The zero-order chi connectivity index (χ0) is 16.9. The number of nitrogens with one attached hydrogen (secondary N) is 1. The number of hydrogen-bond donors (Lipinski definition) is 1. The van der Waals surface area contributed by atoms with Gasteiger partial charge in [0.2, 0.25) is 5.91 Å². The van der Waals surface area contributed by atoms with Crippen molar-refractivity contribution in [2.75, 3.05) is 11.1 Å². The fourth-order valence-electron chi connectivity index (χ4n) is 2.04. The van der Waals surface area contributed by atoms with Crippen molar-refractivity contribution < 1.29 is 9.21 Å². The largest absolute Gasteiger partial charge is 0.401 e. The fourth-order valence-corrected chi connectivity index (χ4v) is 2.89. The molecule has 0 aliphatic carbocycles. The Hall–Kier alpha value is -2.61. The van der Waals surface area contributed by atoms with Crippen molar-refractivity contribution in [3.8, 4) is 11.6 Å². The second-order valence-electron chi connectivity index (χ2n) is 5.21. The van der Waals surface area contributed by atoms with Gasteiger partial charge in [-0.3, -0.25) is 14.8 Å². The Morgan fingerprint density at radius 1 is 1.25 bits per heavy atom. The SMILES string of the molecule is Cc1ccc(SCCC(=O)Nc2nnc(-c3ccnn3C)o2)cc1. The third-order valence-corrected chi connectivity index (χ3v) is 4.34. The predicted octanol–water partition coefficient (Wildman–Crippen LogP) is 2.90. The molecule has 124 valence electrons. The van der Waals surface area contributed by atoms with Crippen LogP contribution < -0.4 is 5.32 Å². The topological polar surface area (TPSA) is 85.8 Å². The normalized spacial score (nSPS) is 10.8. The zero-order valence-corrected chi connectivity index (χ0v) is 14.2. The summed E-state index contributed by atoms with van der Waals surface area (Å²) in [7, 11) is 1.78. The van der Waals surface area contributed by atoms with Crippen LogP contribution in [0.3, 0.4) is 0 Å². The van der Waals surface area contributed by atoms with Gasteiger partial charge in [0.1, 0.15) is 5.69 Å². The smallest absolute Gasteiger partial charge is 0.322 e. The van der Waals surface area contributed by atoms with Crippen LogP contribution in [0.15, 0.2) is 45.8 Å². The first-order valence-corrected chi connectivity index (χ1v) is 8.41. The van der Waals surface area contributed by atoms with Crippen LogP contribution in [-0.4, -0.2) is 31.6 Å². The van der Waals surface area contributed by atoms with Gasteiger partial charge in [-0.05, 0) is 25.1 Å². The molecule has 1 N–H and O–H groups in total. The molecule has 2 aromatic heterocycles. The summed E-state index contributed by atoms with van der Waals surface area (Å²) in [6.45, 7) is 2.05. The van der Waals surface area contributed by atoms with E-state index < -0.39 is 0 Å². The molecular weight excluding hydrogens is 326 g/mol. The minimum absolute atomic E-state index is 0.0940. The molecule has 0 bridgehead atoms. The second-order valence-corrected chi connectivity index (χ2v) is 6.38. The van der Waals surface area contributed by atoms with Crippen molar-refractivity contribution in [3.05, 3.63) is 42.1 Å². The molecular formula is C16H17N5O2S. The number of nitrogens with zero attached hydrogens (tertiary/aromatic N) is 4.